The summed E-state index contributed by atoms with van der Waals surface area (Å²) in [6.07, 6.45) is 0. The molecule has 0 aliphatic heterocycles. The van der Waals surface area contributed by atoms with E-state index < -0.39 is 8.07 Å². The number of ether oxygens (including phenoxy) is 1. The Hall–Kier alpha value is -2.14. The molecule has 0 fully saturated rings. The van der Waals surface area contributed by atoms with Gasteiger partial charge in [-0.1, -0.05) is 25.6 Å². The fourth-order valence-electron chi connectivity index (χ4n) is 3.06. The van der Waals surface area contributed by atoms with Gasteiger partial charge in [-0.2, -0.15) is 0 Å². The summed E-state index contributed by atoms with van der Waals surface area (Å²) in [5.74, 6) is 6.52. The van der Waals surface area contributed by atoms with Crippen LogP contribution in [0, 0.1) is 11.8 Å². The van der Waals surface area contributed by atoms with Crippen molar-refractivity contribution in [1.82, 2.24) is 9.55 Å². The Labute approximate surface area is 193 Å². The molecule has 2 heterocycles. The first-order valence-electron chi connectivity index (χ1n) is 10.4. The molecule has 0 aliphatic carbocycles. The van der Waals surface area contributed by atoms with Crippen molar-refractivity contribution in [3.05, 3.63) is 58.3 Å². The van der Waals surface area contributed by atoms with Crippen LogP contribution in [0.3, 0.4) is 0 Å². The molecule has 0 amide bonds. The number of pyridine rings is 1. The number of aromatic nitrogens is 2. The highest BCUT2D eigenvalue weighted by Crippen LogP contribution is 2.21. The minimum Gasteiger partial charge on any atom is -0.372 e. The van der Waals surface area contributed by atoms with Gasteiger partial charge in [-0.15, -0.1) is 0 Å². The van der Waals surface area contributed by atoms with Crippen molar-refractivity contribution >= 4 is 40.7 Å². The zero-order chi connectivity index (χ0) is 22.4. The van der Waals surface area contributed by atoms with Gasteiger partial charge in [-0.05, 0) is 70.4 Å². The topological polar surface area (TPSA) is 30.3 Å². The molecule has 2 aromatic heterocycles. The summed E-state index contributed by atoms with van der Waals surface area (Å²) in [6.45, 7) is 8.21. The van der Waals surface area contributed by atoms with E-state index in [-0.39, 0.29) is 6.67 Å². The lowest BCUT2D eigenvalue weighted by atomic mass is 10.2. The van der Waals surface area contributed by atoms with Gasteiger partial charge in [0.05, 0.1) is 5.69 Å². The molecule has 0 atom stereocenters. The molecule has 0 radical (unpaired) electrons. The number of halogens is 2. The fourth-order valence-corrected chi connectivity index (χ4v) is 4.12. The standard InChI is InChI=1S/C24H29BrFN3OSi/c1-28(14-13-26)21-9-5-19(6-10-21)7-11-22-17-20-8-12-23(25)27-24(20)29(22)18-30-15-16-31(2,3)4/h5-6,8-10,12,17H,13-16,18H2,1-4H3. The number of fused-ring (bicyclic) bond motifs is 1. The quantitative estimate of drug-likeness (QED) is 0.166. The van der Waals surface area contributed by atoms with Gasteiger partial charge < -0.3 is 9.64 Å². The Bertz CT molecular complexity index is 1080. The average molecular weight is 503 g/mol. The monoisotopic (exact) mass is 501 g/mol. The highest BCUT2D eigenvalue weighted by atomic mass is 79.9. The molecule has 0 N–H and O–H groups in total. The molecule has 1 aromatic carbocycles. The van der Waals surface area contributed by atoms with Crippen molar-refractivity contribution in [2.24, 2.45) is 0 Å². The van der Waals surface area contributed by atoms with Crippen LogP contribution in [0.4, 0.5) is 10.1 Å². The van der Waals surface area contributed by atoms with E-state index in [1.807, 2.05) is 59.0 Å². The highest BCUT2D eigenvalue weighted by Gasteiger charge is 2.13. The minimum atomic E-state index is -1.14. The van der Waals surface area contributed by atoms with Crippen LogP contribution in [-0.2, 0) is 11.5 Å². The van der Waals surface area contributed by atoms with Gasteiger partial charge in [0.1, 0.15) is 23.7 Å². The lowest BCUT2D eigenvalue weighted by Crippen LogP contribution is -2.22. The van der Waals surface area contributed by atoms with Crippen LogP contribution >= 0.6 is 15.9 Å². The predicted octanol–water partition coefficient (Wildman–Crippen LogP) is 5.92. The normalized spacial score (nSPS) is 11.4. The van der Waals surface area contributed by atoms with E-state index in [1.165, 1.54) is 0 Å². The predicted molar refractivity (Wildman–Crippen MR) is 133 cm³/mol. The number of nitrogens with zero attached hydrogens (tertiary/aromatic N) is 3. The van der Waals surface area contributed by atoms with E-state index in [0.717, 1.165) is 45.2 Å². The van der Waals surface area contributed by atoms with Crippen LogP contribution in [-0.4, -0.2) is 44.5 Å². The van der Waals surface area contributed by atoms with Crippen molar-refractivity contribution < 1.29 is 9.13 Å². The van der Waals surface area contributed by atoms with Crippen LogP contribution in [0.5, 0.6) is 0 Å². The second-order valence-corrected chi connectivity index (χ2v) is 15.2. The minimum absolute atomic E-state index is 0.368. The third-order valence-electron chi connectivity index (χ3n) is 4.99. The lowest BCUT2D eigenvalue weighted by molar-refractivity contribution is 0.0894. The Balaban J connectivity index is 1.83. The third kappa shape index (κ3) is 6.67. The molecule has 0 aliphatic rings. The summed E-state index contributed by atoms with van der Waals surface area (Å²) in [4.78, 5) is 6.52. The van der Waals surface area contributed by atoms with Crippen LogP contribution in [0.15, 0.2) is 47.1 Å². The van der Waals surface area contributed by atoms with Crippen LogP contribution in [0.25, 0.3) is 11.0 Å². The molecule has 7 heteroatoms. The first-order valence-corrected chi connectivity index (χ1v) is 14.9. The maximum Gasteiger partial charge on any atom is 0.144 e. The van der Waals surface area contributed by atoms with Crippen molar-refractivity contribution in [2.45, 2.75) is 32.4 Å². The lowest BCUT2D eigenvalue weighted by Gasteiger charge is -2.17. The first kappa shape index (κ1) is 23.5. The fraction of sp³-hybridized carbons (Fsp3) is 0.375. The second-order valence-electron chi connectivity index (χ2n) is 8.76. The largest absolute Gasteiger partial charge is 0.372 e. The zero-order valence-electron chi connectivity index (χ0n) is 18.6. The molecule has 0 unspecified atom stereocenters. The summed E-state index contributed by atoms with van der Waals surface area (Å²) < 4.78 is 21.4. The van der Waals surface area contributed by atoms with E-state index in [4.69, 9.17) is 4.74 Å². The summed E-state index contributed by atoms with van der Waals surface area (Å²) in [7, 11) is 0.738. The van der Waals surface area contributed by atoms with Crippen LogP contribution in [0.1, 0.15) is 11.3 Å². The first-order chi connectivity index (χ1) is 14.8. The van der Waals surface area contributed by atoms with Crippen LogP contribution < -0.4 is 4.90 Å². The van der Waals surface area contributed by atoms with Crippen molar-refractivity contribution in [1.29, 1.82) is 0 Å². The molecule has 0 spiro atoms. The smallest absolute Gasteiger partial charge is 0.144 e. The van der Waals surface area contributed by atoms with Gasteiger partial charge in [0.2, 0.25) is 0 Å². The highest BCUT2D eigenvalue weighted by molar-refractivity contribution is 9.10. The van der Waals surface area contributed by atoms with E-state index in [1.54, 1.807) is 0 Å². The Morgan fingerprint density at radius 2 is 1.87 bits per heavy atom. The average Bonchev–Trinajstić information content (AvgIpc) is 3.06. The molecular formula is C24H29BrFN3OSi. The number of alkyl halides is 1. The van der Waals surface area contributed by atoms with Crippen molar-refractivity contribution in [3.63, 3.8) is 0 Å². The van der Waals surface area contributed by atoms with Crippen molar-refractivity contribution in [3.8, 4) is 11.8 Å². The van der Waals surface area contributed by atoms with Crippen LogP contribution in [0.2, 0.25) is 25.7 Å². The van der Waals surface area contributed by atoms with Gasteiger partial charge in [0.15, 0.2) is 0 Å². The molecule has 3 rings (SSSR count). The molecule has 4 nitrogen and oxygen atoms in total. The molecule has 0 saturated heterocycles. The maximum atomic E-state index is 12.6. The van der Waals surface area contributed by atoms with Gasteiger partial charge in [-0.3, -0.25) is 4.57 Å². The Kier molecular flexibility index (Phi) is 7.93. The Morgan fingerprint density at radius 3 is 2.55 bits per heavy atom. The number of hydrogen-bond acceptors (Lipinski definition) is 3. The van der Waals surface area contributed by atoms with E-state index in [2.05, 4.69) is 52.4 Å². The summed E-state index contributed by atoms with van der Waals surface area (Å²) in [5, 5.41) is 1.03. The second kappa shape index (κ2) is 10.4. The molecule has 3 aromatic rings. The number of rotatable bonds is 8. The summed E-state index contributed by atoms with van der Waals surface area (Å²) in [6, 6.07) is 15.0. The van der Waals surface area contributed by atoms with Gasteiger partial charge in [0.25, 0.3) is 0 Å². The molecular weight excluding hydrogens is 473 g/mol. The molecule has 164 valence electrons. The third-order valence-corrected chi connectivity index (χ3v) is 7.14. The number of hydrogen-bond donors (Lipinski definition) is 0. The Morgan fingerprint density at radius 1 is 1.13 bits per heavy atom. The van der Waals surface area contributed by atoms with Gasteiger partial charge in [-0.25, -0.2) is 9.37 Å². The van der Waals surface area contributed by atoms with Gasteiger partial charge >= 0.3 is 0 Å². The number of anilines is 1. The SMILES string of the molecule is CN(CCF)c1ccc(C#Cc2cc3ccc(Br)nc3n2COCC[Si](C)(C)C)cc1. The molecule has 31 heavy (non-hydrogen) atoms. The summed E-state index contributed by atoms with van der Waals surface area (Å²) in [5.41, 5.74) is 3.60. The molecule has 0 bridgehead atoms. The maximum absolute atomic E-state index is 12.6. The summed E-state index contributed by atoms with van der Waals surface area (Å²) >= 11 is 3.47. The van der Waals surface area contributed by atoms with Crippen molar-refractivity contribution in [2.75, 3.05) is 31.8 Å². The molecule has 0 saturated carbocycles. The zero-order valence-corrected chi connectivity index (χ0v) is 21.2. The van der Waals surface area contributed by atoms with E-state index >= 15 is 0 Å². The number of benzene rings is 1. The van der Waals surface area contributed by atoms with E-state index in [9.17, 15) is 4.39 Å². The van der Waals surface area contributed by atoms with E-state index in [0.29, 0.717) is 13.3 Å². The van der Waals surface area contributed by atoms with Gasteiger partial charge in [0, 0.05) is 44.9 Å².